The number of benzene rings is 1. The van der Waals surface area contributed by atoms with Gasteiger partial charge in [-0.05, 0) is 54.8 Å². The van der Waals surface area contributed by atoms with Gasteiger partial charge in [0, 0.05) is 6.20 Å². The van der Waals surface area contributed by atoms with Gasteiger partial charge in [0.2, 0.25) is 0 Å². The molecule has 2 aromatic rings. The fourth-order valence-corrected chi connectivity index (χ4v) is 2.52. The van der Waals surface area contributed by atoms with Crippen molar-refractivity contribution in [2.24, 2.45) is 0 Å². The molecule has 1 atom stereocenters. The van der Waals surface area contributed by atoms with Crippen molar-refractivity contribution in [3.8, 4) is 0 Å². The smallest absolute Gasteiger partial charge is 0.123 e. The third-order valence-corrected chi connectivity index (χ3v) is 3.39. The fourth-order valence-electron chi connectivity index (χ4n) is 2.52. The van der Waals surface area contributed by atoms with Gasteiger partial charge < -0.3 is 5.32 Å². The molecule has 1 aromatic carbocycles. The van der Waals surface area contributed by atoms with Crippen molar-refractivity contribution in [2.45, 2.75) is 33.2 Å². The van der Waals surface area contributed by atoms with Crippen molar-refractivity contribution in [1.29, 1.82) is 0 Å². The number of rotatable bonds is 5. The van der Waals surface area contributed by atoms with Gasteiger partial charge >= 0.3 is 0 Å². The van der Waals surface area contributed by atoms with Gasteiger partial charge in [-0.3, -0.25) is 4.98 Å². The molecule has 2 rings (SSSR count). The number of nitrogens with zero attached hydrogens (tertiary/aromatic N) is 1. The summed E-state index contributed by atoms with van der Waals surface area (Å²) < 4.78 is 13.7. The number of hydrogen-bond acceptors (Lipinski definition) is 2. The third kappa shape index (κ3) is 3.23. The average molecular weight is 272 g/mol. The van der Waals surface area contributed by atoms with E-state index in [2.05, 4.69) is 23.3 Å². The molecule has 0 aliphatic carbocycles. The quantitative estimate of drug-likeness (QED) is 0.895. The summed E-state index contributed by atoms with van der Waals surface area (Å²) in [6.45, 7) is 6.88. The first-order valence-corrected chi connectivity index (χ1v) is 7.10. The second-order valence-corrected chi connectivity index (χ2v) is 4.95. The number of hydrogen-bond donors (Lipinski definition) is 1. The molecule has 0 amide bonds. The van der Waals surface area contributed by atoms with Gasteiger partial charge in [0.25, 0.3) is 0 Å². The number of nitrogens with one attached hydrogen (secondary N) is 1. The standard InChI is InChI=1S/C17H21FN2/c1-4-13-7-6-8-20-16(13)17(19-5-2)14-9-12(3)10-15(18)11-14/h6-11,17,19H,4-5H2,1-3H3. The van der Waals surface area contributed by atoms with Crippen LogP contribution < -0.4 is 5.32 Å². The summed E-state index contributed by atoms with van der Waals surface area (Å²) in [6.07, 6.45) is 2.71. The molecule has 0 radical (unpaired) electrons. The molecule has 0 aliphatic heterocycles. The molecule has 0 aliphatic rings. The van der Waals surface area contributed by atoms with Crippen molar-refractivity contribution in [3.05, 3.63) is 64.7 Å². The topological polar surface area (TPSA) is 24.9 Å². The van der Waals surface area contributed by atoms with Gasteiger partial charge in [0.1, 0.15) is 5.82 Å². The van der Waals surface area contributed by atoms with E-state index in [1.54, 1.807) is 18.3 Å². The monoisotopic (exact) mass is 272 g/mol. The fraction of sp³-hybridized carbons (Fsp3) is 0.353. The molecule has 0 bridgehead atoms. The maximum absolute atomic E-state index is 13.7. The van der Waals surface area contributed by atoms with E-state index in [0.29, 0.717) is 0 Å². The van der Waals surface area contributed by atoms with Gasteiger partial charge in [0.15, 0.2) is 0 Å². The summed E-state index contributed by atoms with van der Waals surface area (Å²) in [5.74, 6) is -0.197. The average Bonchev–Trinajstić information content (AvgIpc) is 2.43. The van der Waals surface area contributed by atoms with Crippen molar-refractivity contribution in [2.75, 3.05) is 6.54 Å². The molecule has 2 nitrogen and oxygen atoms in total. The molecule has 3 heteroatoms. The van der Waals surface area contributed by atoms with Gasteiger partial charge in [-0.15, -0.1) is 0 Å². The first-order valence-electron chi connectivity index (χ1n) is 7.10. The van der Waals surface area contributed by atoms with Crippen LogP contribution in [0.5, 0.6) is 0 Å². The van der Waals surface area contributed by atoms with E-state index in [4.69, 9.17) is 0 Å². The predicted molar refractivity (Wildman–Crippen MR) is 80.3 cm³/mol. The van der Waals surface area contributed by atoms with Crippen molar-refractivity contribution >= 4 is 0 Å². The van der Waals surface area contributed by atoms with E-state index in [0.717, 1.165) is 29.8 Å². The van der Waals surface area contributed by atoms with Gasteiger partial charge in [-0.2, -0.15) is 0 Å². The van der Waals surface area contributed by atoms with Crippen LogP contribution in [0.15, 0.2) is 36.5 Å². The van der Waals surface area contributed by atoms with E-state index >= 15 is 0 Å². The van der Waals surface area contributed by atoms with E-state index < -0.39 is 0 Å². The Hall–Kier alpha value is -1.74. The number of aryl methyl sites for hydroxylation is 2. The molecule has 1 N–H and O–H groups in total. The van der Waals surface area contributed by atoms with Crippen LogP contribution >= 0.6 is 0 Å². The Balaban J connectivity index is 2.50. The SMILES string of the molecule is CCNC(c1cc(C)cc(F)c1)c1ncccc1CC. The zero-order chi connectivity index (χ0) is 14.5. The lowest BCUT2D eigenvalue weighted by atomic mass is 9.97. The Kier molecular flexibility index (Phi) is 4.85. The normalized spacial score (nSPS) is 12.4. The molecule has 0 saturated heterocycles. The van der Waals surface area contributed by atoms with Crippen LogP contribution in [0.4, 0.5) is 4.39 Å². The van der Waals surface area contributed by atoms with Gasteiger partial charge in [0.05, 0.1) is 11.7 Å². The first kappa shape index (κ1) is 14.7. The van der Waals surface area contributed by atoms with Crippen LogP contribution in [-0.4, -0.2) is 11.5 Å². The van der Waals surface area contributed by atoms with Crippen LogP contribution in [0.1, 0.15) is 42.3 Å². The highest BCUT2D eigenvalue weighted by atomic mass is 19.1. The largest absolute Gasteiger partial charge is 0.305 e. The third-order valence-electron chi connectivity index (χ3n) is 3.39. The Bertz CT molecular complexity index is 561. The minimum absolute atomic E-state index is 0.0643. The van der Waals surface area contributed by atoms with E-state index in [9.17, 15) is 4.39 Å². The molecule has 1 unspecified atom stereocenters. The zero-order valence-electron chi connectivity index (χ0n) is 12.3. The Labute approximate surface area is 120 Å². The second-order valence-electron chi connectivity index (χ2n) is 4.95. The molecule has 0 saturated carbocycles. The summed E-state index contributed by atoms with van der Waals surface area (Å²) in [6, 6.07) is 9.12. The number of aromatic nitrogens is 1. The summed E-state index contributed by atoms with van der Waals surface area (Å²) in [4.78, 5) is 4.52. The van der Waals surface area contributed by atoms with Crippen molar-refractivity contribution < 1.29 is 4.39 Å². The lowest BCUT2D eigenvalue weighted by Gasteiger charge is -2.21. The summed E-state index contributed by atoms with van der Waals surface area (Å²) >= 11 is 0. The molecular weight excluding hydrogens is 251 g/mol. The molecule has 0 spiro atoms. The Morgan fingerprint density at radius 1 is 1.25 bits per heavy atom. The van der Waals surface area contributed by atoms with E-state index in [-0.39, 0.29) is 11.9 Å². The van der Waals surface area contributed by atoms with E-state index in [1.807, 2.05) is 26.0 Å². The summed E-state index contributed by atoms with van der Waals surface area (Å²) in [5, 5.41) is 3.42. The van der Waals surface area contributed by atoms with Gasteiger partial charge in [-0.25, -0.2) is 4.39 Å². The highest BCUT2D eigenvalue weighted by molar-refractivity contribution is 5.35. The maximum Gasteiger partial charge on any atom is 0.123 e. The number of pyridine rings is 1. The van der Waals surface area contributed by atoms with Crippen LogP contribution in [0.3, 0.4) is 0 Å². The zero-order valence-corrected chi connectivity index (χ0v) is 12.3. The number of halogens is 1. The van der Waals surface area contributed by atoms with Crippen LogP contribution in [0.25, 0.3) is 0 Å². The lowest BCUT2D eigenvalue weighted by Crippen LogP contribution is -2.24. The molecular formula is C17H21FN2. The molecule has 0 fully saturated rings. The minimum atomic E-state index is -0.197. The highest BCUT2D eigenvalue weighted by Crippen LogP contribution is 2.25. The Morgan fingerprint density at radius 3 is 2.70 bits per heavy atom. The predicted octanol–water partition coefficient (Wildman–Crippen LogP) is 3.79. The lowest BCUT2D eigenvalue weighted by molar-refractivity contribution is 0.590. The Morgan fingerprint density at radius 2 is 2.05 bits per heavy atom. The highest BCUT2D eigenvalue weighted by Gasteiger charge is 2.18. The second kappa shape index (κ2) is 6.62. The van der Waals surface area contributed by atoms with Crippen LogP contribution in [-0.2, 0) is 6.42 Å². The maximum atomic E-state index is 13.7. The molecule has 1 heterocycles. The van der Waals surface area contributed by atoms with E-state index in [1.165, 1.54) is 5.56 Å². The summed E-state index contributed by atoms with van der Waals surface area (Å²) in [5.41, 5.74) is 4.04. The van der Waals surface area contributed by atoms with Gasteiger partial charge in [-0.1, -0.05) is 26.0 Å². The summed E-state index contributed by atoms with van der Waals surface area (Å²) in [7, 11) is 0. The van der Waals surface area contributed by atoms with Crippen LogP contribution in [0.2, 0.25) is 0 Å². The molecule has 1 aromatic heterocycles. The molecule has 20 heavy (non-hydrogen) atoms. The molecule has 106 valence electrons. The minimum Gasteiger partial charge on any atom is -0.305 e. The van der Waals surface area contributed by atoms with Crippen molar-refractivity contribution in [3.63, 3.8) is 0 Å². The van der Waals surface area contributed by atoms with Crippen molar-refractivity contribution in [1.82, 2.24) is 10.3 Å². The van der Waals surface area contributed by atoms with Crippen LogP contribution in [0, 0.1) is 12.7 Å². The first-order chi connectivity index (χ1) is 9.65.